The van der Waals surface area contributed by atoms with Crippen molar-refractivity contribution in [3.8, 4) is 6.01 Å². The van der Waals surface area contributed by atoms with E-state index in [1.165, 1.54) is 13.2 Å². The van der Waals surface area contributed by atoms with Gasteiger partial charge in [0.2, 0.25) is 10.0 Å². The molecule has 0 aliphatic carbocycles. The van der Waals surface area contributed by atoms with Crippen LogP contribution in [-0.4, -0.2) is 30.3 Å². The van der Waals surface area contributed by atoms with E-state index in [1.807, 2.05) is 6.92 Å². The van der Waals surface area contributed by atoms with Gasteiger partial charge in [-0.3, -0.25) is 4.57 Å². The molecule has 0 saturated carbocycles. The molecule has 0 amide bonds. The van der Waals surface area contributed by atoms with Crippen molar-refractivity contribution in [3.63, 3.8) is 0 Å². The van der Waals surface area contributed by atoms with E-state index in [0.29, 0.717) is 22.9 Å². The highest BCUT2D eigenvalue weighted by molar-refractivity contribution is 9.10. The van der Waals surface area contributed by atoms with Gasteiger partial charge in [-0.2, -0.15) is 0 Å². The zero-order valence-electron chi connectivity index (χ0n) is 12.4. The molecule has 1 aromatic carbocycles. The van der Waals surface area contributed by atoms with E-state index in [-0.39, 0.29) is 4.90 Å². The summed E-state index contributed by atoms with van der Waals surface area (Å²) in [5, 5.41) is 7.90. The summed E-state index contributed by atoms with van der Waals surface area (Å²) in [4.78, 5) is 0.177. The molecule has 1 atom stereocenters. The zero-order chi connectivity index (χ0) is 16.3. The molecular weight excluding hydrogens is 372 g/mol. The van der Waals surface area contributed by atoms with Gasteiger partial charge < -0.3 is 4.74 Å². The van der Waals surface area contributed by atoms with Crippen LogP contribution in [-0.2, 0) is 16.6 Å². The number of hydrogen-bond donors (Lipinski definition) is 1. The Morgan fingerprint density at radius 2 is 2.05 bits per heavy atom. The lowest BCUT2D eigenvalue weighted by Gasteiger charge is -2.15. The number of methoxy groups -OCH3 is 1. The van der Waals surface area contributed by atoms with Gasteiger partial charge >= 0.3 is 6.01 Å². The summed E-state index contributed by atoms with van der Waals surface area (Å²) in [5.74, 6) is 0.495. The number of nitrogens with one attached hydrogen (secondary N) is 1. The van der Waals surface area contributed by atoms with E-state index < -0.39 is 16.1 Å². The number of rotatable bonds is 6. The van der Waals surface area contributed by atoms with Crippen LogP contribution >= 0.6 is 15.9 Å². The van der Waals surface area contributed by atoms with E-state index in [2.05, 4.69) is 30.8 Å². The van der Waals surface area contributed by atoms with Crippen LogP contribution in [0.1, 0.15) is 25.7 Å². The summed E-state index contributed by atoms with van der Waals surface area (Å²) >= 11 is 3.25. The summed E-state index contributed by atoms with van der Waals surface area (Å²) in [7, 11) is -2.18. The standard InChI is InChI=1S/C13H17BrN4O3S/c1-4-18-12(15-16-13(18)21-3)9(2)17-22(19,20)11-8-6-5-7-10(11)14/h5-9,17H,4H2,1-3H3/t9-/m0/s1. The molecule has 0 spiro atoms. The third kappa shape index (κ3) is 3.31. The third-order valence-corrected chi connectivity index (χ3v) is 5.64. The first-order valence-electron chi connectivity index (χ1n) is 6.64. The summed E-state index contributed by atoms with van der Waals surface area (Å²) in [6.07, 6.45) is 0. The second kappa shape index (κ2) is 6.76. The predicted octanol–water partition coefficient (Wildman–Crippen LogP) is 2.11. The number of nitrogens with zero attached hydrogens (tertiary/aromatic N) is 3. The van der Waals surface area contributed by atoms with Gasteiger partial charge in [0.15, 0.2) is 5.82 Å². The van der Waals surface area contributed by atoms with E-state index >= 15 is 0 Å². The number of hydrogen-bond acceptors (Lipinski definition) is 5. The molecular formula is C13H17BrN4O3S. The topological polar surface area (TPSA) is 86.1 Å². The molecule has 0 saturated heterocycles. The Kier molecular flexibility index (Phi) is 5.20. The first kappa shape index (κ1) is 16.9. The summed E-state index contributed by atoms with van der Waals surface area (Å²) < 4.78 is 34.9. The molecule has 2 aromatic rings. The molecule has 0 unspecified atom stereocenters. The van der Waals surface area contributed by atoms with Crippen LogP contribution in [0.2, 0.25) is 0 Å². The van der Waals surface area contributed by atoms with Gasteiger partial charge in [0.25, 0.3) is 0 Å². The molecule has 120 valence electrons. The Hall–Kier alpha value is -1.45. The number of ether oxygens (including phenoxy) is 1. The zero-order valence-corrected chi connectivity index (χ0v) is 14.8. The van der Waals surface area contributed by atoms with Gasteiger partial charge in [-0.25, -0.2) is 13.1 Å². The Morgan fingerprint density at radius 1 is 1.36 bits per heavy atom. The number of benzene rings is 1. The molecule has 0 radical (unpaired) electrons. The smallest absolute Gasteiger partial charge is 0.316 e. The Bertz CT molecular complexity index is 760. The lowest BCUT2D eigenvalue weighted by Crippen LogP contribution is -2.29. The normalized spacial score (nSPS) is 13.1. The molecule has 0 aliphatic rings. The van der Waals surface area contributed by atoms with Crippen LogP contribution < -0.4 is 9.46 Å². The summed E-state index contributed by atoms with van der Waals surface area (Å²) in [6, 6.07) is 6.44. The quantitative estimate of drug-likeness (QED) is 0.818. The average molecular weight is 389 g/mol. The maximum atomic E-state index is 12.5. The Morgan fingerprint density at radius 3 is 2.64 bits per heavy atom. The van der Waals surface area contributed by atoms with Crippen molar-refractivity contribution in [2.24, 2.45) is 0 Å². The van der Waals surface area contributed by atoms with Crippen LogP contribution in [0.4, 0.5) is 0 Å². The van der Waals surface area contributed by atoms with Gasteiger partial charge in [-0.1, -0.05) is 17.2 Å². The van der Waals surface area contributed by atoms with Crippen LogP contribution in [0.5, 0.6) is 6.01 Å². The lowest BCUT2D eigenvalue weighted by atomic mass is 10.3. The Labute approximate surface area is 137 Å². The van der Waals surface area contributed by atoms with Gasteiger partial charge in [0, 0.05) is 11.0 Å². The fraction of sp³-hybridized carbons (Fsp3) is 0.385. The van der Waals surface area contributed by atoms with E-state index in [4.69, 9.17) is 4.74 Å². The highest BCUT2D eigenvalue weighted by Crippen LogP contribution is 2.24. The van der Waals surface area contributed by atoms with Crippen LogP contribution in [0.25, 0.3) is 0 Å². The SMILES string of the molecule is CCn1c(OC)nnc1[C@H](C)NS(=O)(=O)c1ccccc1Br. The van der Waals surface area contributed by atoms with Crippen molar-refractivity contribution >= 4 is 26.0 Å². The molecule has 1 heterocycles. The minimum Gasteiger partial charge on any atom is -0.467 e. The van der Waals surface area contributed by atoms with Crippen LogP contribution in [0.15, 0.2) is 33.6 Å². The van der Waals surface area contributed by atoms with Gasteiger partial charge in [0.05, 0.1) is 18.0 Å². The maximum Gasteiger partial charge on any atom is 0.316 e. The lowest BCUT2D eigenvalue weighted by molar-refractivity contribution is 0.354. The van der Waals surface area contributed by atoms with Gasteiger partial charge in [0.1, 0.15) is 0 Å². The minimum absolute atomic E-state index is 0.177. The van der Waals surface area contributed by atoms with Crippen LogP contribution in [0, 0.1) is 0 Å². The van der Waals surface area contributed by atoms with E-state index in [1.54, 1.807) is 29.7 Å². The second-order valence-electron chi connectivity index (χ2n) is 4.56. The summed E-state index contributed by atoms with van der Waals surface area (Å²) in [6.45, 7) is 4.20. The first-order chi connectivity index (χ1) is 10.4. The predicted molar refractivity (Wildman–Crippen MR) is 85.1 cm³/mol. The highest BCUT2D eigenvalue weighted by Gasteiger charge is 2.24. The average Bonchev–Trinajstić information content (AvgIpc) is 2.90. The molecule has 0 bridgehead atoms. The van der Waals surface area contributed by atoms with Crippen molar-refractivity contribution in [3.05, 3.63) is 34.6 Å². The minimum atomic E-state index is -3.68. The largest absolute Gasteiger partial charge is 0.467 e. The molecule has 22 heavy (non-hydrogen) atoms. The Balaban J connectivity index is 2.31. The molecule has 7 nitrogen and oxygen atoms in total. The van der Waals surface area contributed by atoms with Crippen molar-refractivity contribution in [2.75, 3.05) is 7.11 Å². The van der Waals surface area contributed by atoms with Crippen LogP contribution in [0.3, 0.4) is 0 Å². The fourth-order valence-electron chi connectivity index (χ4n) is 2.08. The van der Waals surface area contributed by atoms with Crippen molar-refractivity contribution in [1.29, 1.82) is 0 Å². The van der Waals surface area contributed by atoms with Crippen molar-refractivity contribution in [2.45, 2.75) is 31.3 Å². The first-order valence-corrected chi connectivity index (χ1v) is 8.92. The number of sulfonamides is 1. The van der Waals surface area contributed by atoms with Gasteiger partial charge in [-0.15, -0.1) is 5.10 Å². The monoisotopic (exact) mass is 388 g/mol. The summed E-state index contributed by atoms with van der Waals surface area (Å²) in [5.41, 5.74) is 0. The number of halogens is 1. The fourth-order valence-corrected chi connectivity index (χ4v) is 4.28. The molecule has 0 fully saturated rings. The molecule has 0 aliphatic heterocycles. The molecule has 1 N–H and O–H groups in total. The second-order valence-corrected chi connectivity index (χ2v) is 7.10. The number of aromatic nitrogens is 3. The van der Waals surface area contributed by atoms with E-state index in [9.17, 15) is 8.42 Å². The van der Waals surface area contributed by atoms with Crippen molar-refractivity contribution in [1.82, 2.24) is 19.5 Å². The van der Waals surface area contributed by atoms with Crippen molar-refractivity contribution < 1.29 is 13.2 Å². The molecule has 1 aromatic heterocycles. The highest BCUT2D eigenvalue weighted by atomic mass is 79.9. The maximum absolute atomic E-state index is 12.5. The third-order valence-electron chi connectivity index (χ3n) is 3.09. The molecule has 9 heteroatoms. The van der Waals surface area contributed by atoms with Gasteiger partial charge in [-0.05, 0) is 41.9 Å². The van der Waals surface area contributed by atoms with E-state index in [0.717, 1.165) is 0 Å². The molecule has 2 rings (SSSR count).